The van der Waals surface area contributed by atoms with Crippen molar-refractivity contribution in [1.82, 2.24) is 14.5 Å². The molecule has 0 aromatic heterocycles. The summed E-state index contributed by atoms with van der Waals surface area (Å²) < 4.78 is 27.6. The van der Waals surface area contributed by atoms with E-state index in [1.807, 2.05) is 0 Å². The standard InChI is InChI=1S/C21H28N4O5S/c1-14-6-9-16(12-17(14)31(29,30)24-10-4-3-5-11-24)22-18(26)13-25-19(27)21(2,15-7-8-15)23-20(25)28/h6,9,12,15H,3-5,7-8,10-11,13H2,1-2H3,(H,22,26)(H,23,28)/t21-/m0/s1. The van der Waals surface area contributed by atoms with Crippen LogP contribution in [0.5, 0.6) is 0 Å². The molecular formula is C21H28N4O5S. The molecule has 9 nitrogen and oxygen atoms in total. The number of aryl methyl sites for hydroxylation is 1. The van der Waals surface area contributed by atoms with Gasteiger partial charge in [-0.05, 0) is 63.1 Å². The summed E-state index contributed by atoms with van der Waals surface area (Å²) >= 11 is 0. The summed E-state index contributed by atoms with van der Waals surface area (Å²) in [5.41, 5.74) is -0.0437. The molecule has 1 atom stereocenters. The molecule has 1 aliphatic carbocycles. The van der Waals surface area contributed by atoms with Gasteiger partial charge in [-0.1, -0.05) is 12.5 Å². The van der Waals surface area contributed by atoms with E-state index < -0.39 is 40.0 Å². The quantitative estimate of drug-likeness (QED) is 0.644. The number of benzene rings is 1. The molecule has 3 aliphatic rings. The van der Waals surface area contributed by atoms with Gasteiger partial charge in [0.1, 0.15) is 12.1 Å². The summed E-state index contributed by atoms with van der Waals surface area (Å²) in [4.78, 5) is 38.6. The monoisotopic (exact) mass is 448 g/mol. The number of hydrogen-bond donors (Lipinski definition) is 2. The van der Waals surface area contributed by atoms with Crippen molar-refractivity contribution in [3.05, 3.63) is 23.8 Å². The third-order valence-electron chi connectivity index (χ3n) is 6.40. The number of anilines is 1. The predicted octanol–water partition coefficient (Wildman–Crippen LogP) is 1.83. The predicted molar refractivity (Wildman–Crippen MR) is 114 cm³/mol. The highest BCUT2D eigenvalue weighted by Crippen LogP contribution is 2.42. The summed E-state index contributed by atoms with van der Waals surface area (Å²) in [7, 11) is -3.66. The Labute approximate surface area is 182 Å². The first kappa shape index (κ1) is 21.8. The summed E-state index contributed by atoms with van der Waals surface area (Å²) in [6.45, 7) is 3.97. The largest absolute Gasteiger partial charge is 0.325 e. The van der Waals surface area contributed by atoms with Crippen LogP contribution in [-0.2, 0) is 19.6 Å². The van der Waals surface area contributed by atoms with Gasteiger partial charge in [0.05, 0.1) is 4.90 Å². The minimum Gasteiger partial charge on any atom is -0.324 e. The van der Waals surface area contributed by atoms with Crippen molar-refractivity contribution in [2.75, 3.05) is 25.0 Å². The molecule has 2 N–H and O–H groups in total. The maximum absolute atomic E-state index is 13.1. The van der Waals surface area contributed by atoms with Gasteiger partial charge >= 0.3 is 6.03 Å². The molecule has 168 valence electrons. The highest BCUT2D eigenvalue weighted by molar-refractivity contribution is 7.89. The van der Waals surface area contributed by atoms with Crippen molar-refractivity contribution in [2.45, 2.75) is 56.4 Å². The average Bonchev–Trinajstić information content (AvgIpc) is 3.56. The van der Waals surface area contributed by atoms with Crippen LogP contribution < -0.4 is 10.6 Å². The van der Waals surface area contributed by atoms with Crippen LogP contribution in [0.15, 0.2) is 23.1 Å². The normalized spacial score (nSPS) is 24.9. The van der Waals surface area contributed by atoms with Crippen LogP contribution >= 0.6 is 0 Å². The second kappa shape index (κ2) is 7.90. The molecule has 10 heteroatoms. The van der Waals surface area contributed by atoms with Crippen molar-refractivity contribution >= 4 is 33.6 Å². The van der Waals surface area contributed by atoms with Gasteiger partial charge < -0.3 is 10.6 Å². The molecule has 4 rings (SSSR count). The minimum atomic E-state index is -3.66. The average molecular weight is 449 g/mol. The molecule has 0 unspecified atom stereocenters. The van der Waals surface area contributed by atoms with Crippen molar-refractivity contribution in [1.29, 1.82) is 0 Å². The molecule has 0 radical (unpaired) electrons. The zero-order chi connectivity index (χ0) is 22.4. The summed E-state index contributed by atoms with van der Waals surface area (Å²) in [5.74, 6) is -0.849. The second-order valence-corrected chi connectivity index (χ2v) is 10.7. The van der Waals surface area contributed by atoms with E-state index in [0.29, 0.717) is 24.3 Å². The number of amides is 4. The van der Waals surface area contributed by atoms with Crippen LogP contribution in [0.1, 0.15) is 44.6 Å². The molecule has 1 saturated carbocycles. The van der Waals surface area contributed by atoms with E-state index in [-0.39, 0.29) is 10.8 Å². The number of carbonyl (C=O) groups excluding carboxylic acids is 3. The van der Waals surface area contributed by atoms with Crippen LogP contribution in [0.2, 0.25) is 0 Å². The number of sulfonamides is 1. The van der Waals surface area contributed by atoms with E-state index in [9.17, 15) is 22.8 Å². The third-order valence-corrected chi connectivity index (χ3v) is 8.44. The summed E-state index contributed by atoms with van der Waals surface area (Å²) in [6.07, 6.45) is 4.44. The second-order valence-electron chi connectivity index (χ2n) is 8.79. The smallest absolute Gasteiger partial charge is 0.324 e. The highest BCUT2D eigenvalue weighted by Gasteiger charge is 2.56. The lowest BCUT2D eigenvalue weighted by atomic mass is 9.96. The Bertz CT molecular complexity index is 1030. The first-order chi connectivity index (χ1) is 14.6. The molecule has 3 fully saturated rings. The Morgan fingerprint density at radius 3 is 2.52 bits per heavy atom. The number of piperidine rings is 1. The van der Waals surface area contributed by atoms with Crippen molar-refractivity contribution in [3.63, 3.8) is 0 Å². The van der Waals surface area contributed by atoms with Gasteiger partial charge in [0.15, 0.2) is 0 Å². The number of hydrogen-bond acceptors (Lipinski definition) is 5. The molecule has 0 spiro atoms. The fourth-order valence-corrected chi connectivity index (χ4v) is 6.11. The third kappa shape index (κ3) is 4.06. The molecule has 4 amide bonds. The van der Waals surface area contributed by atoms with Crippen LogP contribution in [0.4, 0.5) is 10.5 Å². The highest BCUT2D eigenvalue weighted by atomic mass is 32.2. The Morgan fingerprint density at radius 2 is 1.87 bits per heavy atom. The lowest BCUT2D eigenvalue weighted by Crippen LogP contribution is -2.46. The van der Waals surface area contributed by atoms with E-state index in [2.05, 4.69) is 10.6 Å². The van der Waals surface area contributed by atoms with Crippen molar-refractivity contribution in [2.24, 2.45) is 5.92 Å². The first-order valence-electron chi connectivity index (χ1n) is 10.7. The van der Waals surface area contributed by atoms with Crippen molar-refractivity contribution in [3.8, 4) is 0 Å². The minimum absolute atomic E-state index is 0.108. The SMILES string of the molecule is Cc1ccc(NC(=O)CN2C(=O)N[C@@](C)(C3CC3)C2=O)cc1S(=O)(=O)N1CCCCC1. The zero-order valence-corrected chi connectivity index (χ0v) is 18.6. The first-order valence-corrected chi connectivity index (χ1v) is 12.1. The van der Waals surface area contributed by atoms with Gasteiger partial charge in [-0.25, -0.2) is 13.2 Å². The van der Waals surface area contributed by atoms with Gasteiger partial charge in [-0.15, -0.1) is 0 Å². The Morgan fingerprint density at radius 1 is 1.19 bits per heavy atom. The number of urea groups is 1. The molecule has 31 heavy (non-hydrogen) atoms. The van der Waals surface area contributed by atoms with Crippen LogP contribution in [-0.4, -0.2) is 60.6 Å². The Kier molecular flexibility index (Phi) is 5.55. The zero-order valence-electron chi connectivity index (χ0n) is 17.8. The summed E-state index contributed by atoms with van der Waals surface area (Å²) in [6, 6.07) is 4.12. The van der Waals surface area contributed by atoms with Gasteiger partial charge in [0, 0.05) is 18.8 Å². The van der Waals surface area contributed by atoms with Gasteiger partial charge in [0.25, 0.3) is 5.91 Å². The van der Waals surface area contributed by atoms with Gasteiger partial charge in [0.2, 0.25) is 15.9 Å². The van der Waals surface area contributed by atoms with E-state index in [4.69, 9.17) is 0 Å². The van der Waals surface area contributed by atoms with Crippen LogP contribution in [0.25, 0.3) is 0 Å². The molecule has 0 bridgehead atoms. The Hall–Kier alpha value is -2.46. The molecule has 2 saturated heterocycles. The number of rotatable bonds is 6. The summed E-state index contributed by atoms with van der Waals surface area (Å²) in [5, 5.41) is 5.34. The van der Waals surface area contributed by atoms with E-state index in [1.54, 1.807) is 26.0 Å². The van der Waals surface area contributed by atoms with Gasteiger partial charge in [-0.2, -0.15) is 4.31 Å². The number of carbonyl (C=O) groups is 3. The maximum atomic E-state index is 13.1. The molecule has 2 heterocycles. The lowest BCUT2D eigenvalue weighted by Gasteiger charge is -2.26. The topological polar surface area (TPSA) is 116 Å². The van der Waals surface area contributed by atoms with Crippen LogP contribution in [0, 0.1) is 12.8 Å². The van der Waals surface area contributed by atoms with Crippen molar-refractivity contribution < 1.29 is 22.8 Å². The number of nitrogens with one attached hydrogen (secondary N) is 2. The molecule has 1 aromatic rings. The molecule has 1 aromatic carbocycles. The maximum Gasteiger partial charge on any atom is 0.325 e. The van der Waals surface area contributed by atoms with Crippen LogP contribution in [0.3, 0.4) is 0 Å². The molecular weight excluding hydrogens is 420 g/mol. The van der Waals surface area contributed by atoms with E-state index in [0.717, 1.165) is 37.0 Å². The molecule has 2 aliphatic heterocycles. The van der Waals surface area contributed by atoms with E-state index >= 15 is 0 Å². The van der Waals surface area contributed by atoms with Gasteiger partial charge in [-0.3, -0.25) is 14.5 Å². The Balaban J connectivity index is 1.47. The van der Waals surface area contributed by atoms with E-state index in [1.165, 1.54) is 10.4 Å². The fraction of sp³-hybridized carbons (Fsp3) is 0.571. The fourth-order valence-electron chi connectivity index (χ4n) is 4.34. The lowest BCUT2D eigenvalue weighted by molar-refractivity contribution is -0.134. The number of imide groups is 1. The number of nitrogens with zero attached hydrogens (tertiary/aromatic N) is 2.